The predicted molar refractivity (Wildman–Crippen MR) is 129 cm³/mol. The summed E-state index contributed by atoms with van der Waals surface area (Å²) >= 11 is 0. The molecule has 0 spiro atoms. The quantitative estimate of drug-likeness (QED) is 0.433. The van der Waals surface area contributed by atoms with Crippen molar-refractivity contribution in [3.8, 4) is 0 Å². The summed E-state index contributed by atoms with van der Waals surface area (Å²) in [6.07, 6.45) is 3.06. The minimum atomic E-state index is -0.370. The van der Waals surface area contributed by atoms with Gasteiger partial charge in [-0.2, -0.15) is 0 Å². The van der Waals surface area contributed by atoms with Crippen LogP contribution in [0.25, 0.3) is 11.0 Å². The first-order chi connectivity index (χ1) is 16.3. The van der Waals surface area contributed by atoms with Gasteiger partial charge in [0.05, 0.1) is 30.3 Å². The second-order valence-electron chi connectivity index (χ2n) is 8.73. The van der Waals surface area contributed by atoms with Crippen LogP contribution in [0.1, 0.15) is 44.7 Å². The van der Waals surface area contributed by atoms with Crippen LogP contribution in [0.4, 0.5) is 4.39 Å². The number of carbonyl (C=O) groups is 2. The molecule has 2 amide bonds. The van der Waals surface area contributed by atoms with Crippen molar-refractivity contribution >= 4 is 22.8 Å². The maximum Gasteiger partial charge on any atom is 0.242 e. The lowest BCUT2D eigenvalue weighted by Gasteiger charge is -2.29. The number of amides is 2. The van der Waals surface area contributed by atoms with Gasteiger partial charge in [0.2, 0.25) is 11.8 Å². The van der Waals surface area contributed by atoms with Crippen LogP contribution in [-0.4, -0.2) is 34.7 Å². The molecule has 0 atom stereocenters. The number of hydrogen-bond donors (Lipinski definition) is 0. The van der Waals surface area contributed by atoms with Gasteiger partial charge in [0, 0.05) is 19.0 Å². The molecule has 34 heavy (non-hydrogen) atoms. The molecule has 1 aromatic heterocycles. The predicted octanol–water partition coefficient (Wildman–Crippen LogP) is 4.75. The average Bonchev–Trinajstić information content (AvgIpc) is 2.83. The fraction of sp³-hybridized carbons (Fsp3) is 0.370. The van der Waals surface area contributed by atoms with E-state index in [0.29, 0.717) is 23.1 Å². The first kappa shape index (κ1) is 25.1. The fourth-order valence-electron chi connectivity index (χ4n) is 3.72. The highest BCUT2D eigenvalue weighted by molar-refractivity contribution is 5.85. The number of unbranched alkanes of at least 4 members (excludes halogenated alkanes) is 1. The number of hydrogen-bond acceptors (Lipinski definition) is 4. The molecule has 0 aliphatic heterocycles. The van der Waals surface area contributed by atoms with Gasteiger partial charge in [-0.25, -0.2) is 4.39 Å². The Bertz CT molecular complexity index is 1190. The fourth-order valence-corrected chi connectivity index (χ4v) is 3.72. The molecular formula is C27H31FN2O4. The number of rotatable bonds is 10. The molecule has 3 aromatic rings. The smallest absolute Gasteiger partial charge is 0.242 e. The Balaban J connectivity index is 1.90. The number of halogens is 1. The number of benzene rings is 2. The van der Waals surface area contributed by atoms with E-state index in [-0.39, 0.29) is 48.6 Å². The second kappa shape index (κ2) is 11.6. The highest BCUT2D eigenvalue weighted by Gasteiger charge is 2.24. The first-order valence-corrected chi connectivity index (χ1v) is 11.6. The summed E-state index contributed by atoms with van der Waals surface area (Å²) in [5, 5.41) is 0.439. The van der Waals surface area contributed by atoms with E-state index in [1.807, 2.05) is 20.8 Å². The van der Waals surface area contributed by atoms with Gasteiger partial charge in [0.1, 0.15) is 11.4 Å². The summed E-state index contributed by atoms with van der Waals surface area (Å²) in [5.41, 5.74) is 1.32. The molecule has 0 aliphatic carbocycles. The molecule has 6 nitrogen and oxygen atoms in total. The summed E-state index contributed by atoms with van der Waals surface area (Å²) in [5.74, 6) is -0.983. The van der Waals surface area contributed by atoms with Gasteiger partial charge in [-0.05, 0) is 36.2 Å². The molecule has 0 bridgehead atoms. The van der Waals surface area contributed by atoms with Gasteiger partial charge in [-0.1, -0.05) is 51.5 Å². The average molecular weight is 467 g/mol. The first-order valence-electron chi connectivity index (χ1n) is 11.6. The molecule has 2 aromatic carbocycles. The third-order valence-corrected chi connectivity index (χ3v) is 5.67. The SMILES string of the molecule is CCCCN(CC(=O)N(Cc1ccc(F)cc1)Cc1coc2ccccc2c1=O)C(=O)C(C)C. The number of carbonyl (C=O) groups excluding carboxylic acids is 2. The lowest BCUT2D eigenvalue weighted by Crippen LogP contribution is -2.44. The Labute approximate surface area is 199 Å². The Kier molecular flexibility index (Phi) is 8.57. The lowest BCUT2D eigenvalue weighted by atomic mass is 10.1. The molecular weight excluding hydrogens is 435 g/mol. The normalized spacial score (nSPS) is 11.1. The Hall–Kier alpha value is -3.48. The van der Waals surface area contributed by atoms with Gasteiger partial charge in [0.15, 0.2) is 5.43 Å². The minimum absolute atomic E-state index is 0.0147. The summed E-state index contributed by atoms with van der Waals surface area (Å²) in [7, 11) is 0. The van der Waals surface area contributed by atoms with Crippen molar-refractivity contribution in [1.82, 2.24) is 9.80 Å². The van der Waals surface area contributed by atoms with Crippen molar-refractivity contribution in [2.24, 2.45) is 5.92 Å². The van der Waals surface area contributed by atoms with Crippen molar-refractivity contribution in [2.75, 3.05) is 13.1 Å². The third-order valence-electron chi connectivity index (χ3n) is 5.67. The van der Waals surface area contributed by atoms with E-state index in [1.54, 1.807) is 41.3 Å². The largest absolute Gasteiger partial charge is 0.464 e. The highest BCUT2D eigenvalue weighted by Crippen LogP contribution is 2.15. The molecule has 7 heteroatoms. The van der Waals surface area contributed by atoms with Crippen molar-refractivity contribution in [3.63, 3.8) is 0 Å². The van der Waals surface area contributed by atoms with E-state index in [1.165, 1.54) is 23.3 Å². The van der Waals surface area contributed by atoms with Crippen molar-refractivity contribution in [2.45, 2.75) is 46.7 Å². The Morgan fingerprint density at radius 1 is 1.00 bits per heavy atom. The van der Waals surface area contributed by atoms with Crippen LogP contribution >= 0.6 is 0 Å². The molecule has 3 rings (SSSR count). The molecule has 0 fully saturated rings. The van der Waals surface area contributed by atoms with E-state index < -0.39 is 0 Å². The summed E-state index contributed by atoms with van der Waals surface area (Å²) < 4.78 is 19.0. The molecule has 1 heterocycles. The standard InChI is InChI=1S/C27H31FN2O4/c1-4-5-14-29(27(33)19(2)3)17-25(31)30(15-20-10-12-22(28)13-11-20)16-21-18-34-24-9-7-6-8-23(24)26(21)32/h6-13,18-19H,4-5,14-17H2,1-3H3. The zero-order valence-corrected chi connectivity index (χ0v) is 19.9. The molecule has 0 aliphatic rings. The minimum Gasteiger partial charge on any atom is -0.464 e. The van der Waals surface area contributed by atoms with E-state index in [2.05, 4.69) is 0 Å². The summed E-state index contributed by atoms with van der Waals surface area (Å²) in [4.78, 5) is 42.3. The van der Waals surface area contributed by atoms with Crippen LogP contribution < -0.4 is 5.43 Å². The molecule has 0 unspecified atom stereocenters. The van der Waals surface area contributed by atoms with Gasteiger partial charge in [-0.15, -0.1) is 0 Å². The van der Waals surface area contributed by atoms with Crippen LogP contribution in [0.15, 0.2) is 64.0 Å². The van der Waals surface area contributed by atoms with Gasteiger partial charge >= 0.3 is 0 Å². The monoisotopic (exact) mass is 466 g/mol. The van der Waals surface area contributed by atoms with Crippen LogP contribution in [0.5, 0.6) is 0 Å². The number of para-hydroxylation sites is 1. The van der Waals surface area contributed by atoms with Gasteiger partial charge in [0.25, 0.3) is 0 Å². The second-order valence-corrected chi connectivity index (χ2v) is 8.73. The van der Waals surface area contributed by atoms with E-state index in [4.69, 9.17) is 4.42 Å². The van der Waals surface area contributed by atoms with Crippen molar-refractivity contribution < 1.29 is 18.4 Å². The van der Waals surface area contributed by atoms with Crippen molar-refractivity contribution in [1.29, 1.82) is 0 Å². The summed E-state index contributed by atoms with van der Waals surface area (Å²) in [6, 6.07) is 12.8. The van der Waals surface area contributed by atoms with Gasteiger partial charge < -0.3 is 14.2 Å². The number of nitrogens with zero attached hydrogens (tertiary/aromatic N) is 2. The Morgan fingerprint density at radius 2 is 1.71 bits per heavy atom. The van der Waals surface area contributed by atoms with Crippen LogP contribution in [0.2, 0.25) is 0 Å². The van der Waals surface area contributed by atoms with E-state index in [0.717, 1.165) is 18.4 Å². The maximum absolute atomic E-state index is 13.4. The molecule has 0 N–H and O–H groups in total. The van der Waals surface area contributed by atoms with Crippen LogP contribution in [0.3, 0.4) is 0 Å². The van der Waals surface area contributed by atoms with E-state index >= 15 is 0 Å². The van der Waals surface area contributed by atoms with Gasteiger partial charge in [-0.3, -0.25) is 14.4 Å². The molecule has 0 saturated heterocycles. The maximum atomic E-state index is 13.4. The molecule has 180 valence electrons. The summed E-state index contributed by atoms with van der Waals surface area (Å²) in [6.45, 7) is 6.23. The van der Waals surface area contributed by atoms with Crippen LogP contribution in [-0.2, 0) is 22.7 Å². The highest BCUT2D eigenvalue weighted by atomic mass is 19.1. The third kappa shape index (κ3) is 6.31. The zero-order valence-electron chi connectivity index (χ0n) is 19.9. The Morgan fingerprint density at radius 3 is 2.38 bits per heavy atom. The topological polar surface area (TPSA) is 70.8 Å². The van der Waals surface area contributed by atoms with E-state index in [9.17, 15) is 18.8 Å². The zero-order chi connectivity index (χ0) is 24.7. The molecule has 0 radical (unpaired) electrons. The lowest BCUT2D eigenvalue weighted by molar-refractivity contribution is -0.143. The van der Waals surface area contributed by atoms with Crippen molar-refractivity contribution in [3.05, 3.63) is 82.0 Å². The molecule has 0 saturated carbocycles. The number of fused-ring (bicyclic) bond motifs is 1. The van der Waals surface area contributed by atoms with Crippen LogP contribution in [0, 0.1) is 11.7 Å².